The summed E-state index contributed by atoms with van der Waals surface area (Å²) in [7, 11) is 1.38. The summed E-state index contributed by atoms with van der Waals surface area (Å²) in [5.74, 6) is -2.71. The van der Waals surface area contributed by atoms with Gasteiger partial charge in [-0.25, -0.2) is 8.78 Å². The second-order valence-corrected chi connectivity index (χ2v) is 2.57. The quantitative estimate of drug-likeness (QED) is 0.767. The topological polar surface area (TPSA) is 61.3 Å². The summed E-state index contributed by atoms with van der Waals surface area (Å²) in [5, 5.41) is 3.38. The highest BCUT2D eigenvalue weighted by Crippen LogP contribution is 2.20. The molecule has 0 bridgehead atoms. The molecule has 0 aliphatic heterocycles. The van der Waals surface area contributed by atoms with Crippen molar-refractivity contribution in [2.45, 2.75) is 12.3 Å². The van der Waals surface area contributed by atoms with Crippen molar-refractivity contribution in [3.63, 3.8) is 0 Å². The first-order valence-corrected chi connectivity index (χ1v) is 3.65. The number of halogens is 2. The van der Waals surface area contributed by atoms with Crippen LogP contribution in [0.2, 0.25) is 0 Å². The van der Waals surface area contributed by atoms with Gasteiger partial charge in [0.25, 0.3) is 11.8 Å². The first kappa shape index (κ1) is 9.91. The van der Waals surface area contributed by atoms with Gasteiger partial charge in [-0.1, -0.05) is 0 Å². The highest BCUT2D eigenvalue weighted by atomic mass is 19.3. The van der Waals surface area contributed by atoms with E-state index in [1.165, 1.54) is 13.2 Å². The van der Waals surface area contributed by atoms with Crippen molar-refractivity contribution in [1.29, 1.82) is 0 Å². The van der Waals surface area contributed by atoms with E-state index >= 15 is 0 Å². The summed E-state index contributed by atoms with van der Waals surface area (Å²) in [6.07, 6.45) is -0.556. The van der Waals surface area contributed by atoms with Gasteiger partial charge in [-0.3, -0.25) is 0 Å². The Morgan fingerprint density at radius 3 is 2.85 bits per heavy atom. The van der Waals surface area contributed by atoms with Crippen LogP contribution in [0.5, 0.6) is 5.88 Å². The Bertz CT molecular complexity index is 275. The second-order valence-electron chi connectivity index (χ2n) is 2.57. The lowest BCUT2D eigenvalue weighted by Crippen LogP contribution is -2.29. The van der Waals surface area contributed by atoms with Gasteiger partial charge in [0.15, 0.2) is 0 Å². The van der Waals surface area contributed by atoms with E-state index in [0.29, 0.717) is 0 Å². The fourth-order valence-corrected chi connectivity index (χ4v) is 0.801. The van der Waals surface area contributed by atoms with Crippen LogP contribution in [0.1, 0.15) is 5.76 Å². The van der Waals surface area contributed by atoms with Crippen molar-refractivity contribution in [2.75, 3.05) is 13.7 Å². The molecule has 1 heterocycles. The van der Waals surface area contributed by atoms with Gasteiger partial charge in [0.2, 0.25) is 0 Å². The molecule has 4 nitrogen and oxygen atoms in total. The van der Waals surface area contributed by atoms with Crippen molar-refractivity contribution >= 4 is 0 Å². The average molecular weight is 192 g/mol. The number of rotatable bonds is 4. The maximum Gasteiger partial charge on any atom is 0.267 e. The lowest BCUT2D eigenvalue weighted by Gasteiger charge is -2.10. The van der Waals surface area contributed by atoms with Crippen LogP contribution in [0.4, 0.5) is 8.78 Å². The Balaban J connectivity index is 2.63. The Kier molecular flexibility index (Phi) is 2.82. The number of nitrogens with zero attached hydrogens (tertiary/aromatic N) is 1. The van der Waals surface area contributed by atoms with E-state index in [0.717, 1.165) is 0 Å². The summed E-state index contributed by atoms with van der Waals surface area (Å²) in [6.45, 7) is -0.712. The third-order valence-electron chi connectivity index (χ3n) is 1.48. The maximum absolute atomic E-state index is 12.7. The van der Waals surface area contributed by atoms with Crippen LogP contribution in [0.3, 0.4) is 0 Å². The van der Waals surface area contributed by atoms with E-state index < -0.39 is 18.9 Å². The van der Waals surface area contributed by atoms with E-state index in [2.05, 4.69) is 14.4 Å². The highest BCUT2D eigenvalue weighted by Gasteiger charge is 2.29. The van der Waals surface area contributed by atoms with Gasteiger partial charge >= 0.3 is 0 Å². The van der Waals surface area contributed by atoms with Crippen LogP contribution in [-0.4, -0.2) is 24.7 Å². The molecule has 0 saturated heterocycles. The molecule has 1 rings (SSSR count). The zero-order valence-electron chi connectivity index (χ0n) is 7.09. The fraction of sp³-hybridized carbons (Fsp3) is 0.571. The van der Waals surface area contributed by atoms with E-state index in [1.807, 2.05) is 0 Å². The molecular weight excluding hydrogens is 182 g/mol. The van der Waals surface area contributed by atoms with Crippen LogP contribution >= 0.6 is 0 Å². The molecule has 0 aromatic carbocycles. The Morgan fingerprint density at radius 2 is 2.38 bits per heavy atom. The molecule has 0 amide bonds. The minimum atomic E-state index is -2.95. The van der Waals surface area contributed by atoms with Crippen LogP contribution in [-0.2, 0) is 6.42 Å². The molecule has 0 atom stereocenters. The van der Waals surface area contributed by atoms with Crippen LogP contribution < -0.4 is 10.5 Å². The zero-order chi connectivity index (χ0) is 9.90. The zero-order valence-corrected chi connectivity index (χ0v) is 7.09. The first-order chi connectivity index (χ1) is 6.07. The standard InChI is InChI=1S/C7H10F2N2O2/c1-12-6-2-5(13-11-6)3-7(8,9)4-10/h2H,3-4,10H2,1H3. The van der Waals surface area contributed by atoms with Crippen molar-refractivity contribution in [1.82, 2.24) is 5.16 Å². The molecule has 2 N–H and O–H groups in total. The number of nitrogens with two attached hydrogens (primary N) is 1. The van der Waals surface area contributed by atoms with Crippen LogP contribution in [0.15, 0.2) is 10.6 Å². The first-order valence-electron chi connectivity index (χ1n) is 3.65. The molecule has 74 valence electrons. The van der Waals surface area contributed by atoms with E-state index in [9.17, 15) is 8.78 Å². The monoisotopic (exact) mass is 192 g/mol. The molecule has 0 saturated carbocycles. The molecule has 1 aromatic rings. The van der Waals surface area contributed by atoms with Crippen LogP contribution in [0, 0.1) is 0 Å². The number of ether oxygens (including phenoxy) is 1. The summed E-state index contributed by atoms with van der Waals surface area (Å²) < 4.78 is 34.6. The third-order valence-corrected chi connectivity index (χ3v) is 1.48. The molecule has 0 spiro atoms. The smallest absolute Gasteiger partial charge is 0.267 e. The predicted octanol–water partition coefficient (Wildman–Crippen LogP) is 0.820. The molecule has 0 aliphatic carbocycles. The number of hydrogen-bond donors (Lipinski definition) is 1. The van der Waals surface area contributed by atoms with Gasteiger partial charge in [0.1, 0.15) is 5.76 Å². The summed E-state index contributed by atoms with van der Waals surface area (Å²) in [6, 6.07) is 1.31. The normalized spacial score (nSPS) is 11.7. The number of alkyl halides is 2. The van der Waals surface area contributed by atoms with Crippen molar-refractivity contribution in [2.24, 2.45) is 5.73 Å². The Hall–Kier alpha value is -1.17. The van der Waals surface area contributed by atoms with Gasteiger partial charge in [-0.05, 0) is 5.16 Å². The summed E-state index contributed by atoms with van der Waals surface area (Å²) in [5.41, 5.74) is 4.85. The van der Waals surface area contributed by atoms with Crippen molar-refractivity contribution in [3.05, 3.63) is 11.8 Å². The van der Waals surface area contributed by atoms with E-state index in [1.54, 1.807) is 0 Å². The average Bonchev–Trinajstić information content (AvgIpc) is 2.52. The van der Waals surface area contributed by atoms with E-state index in [-0.39, 0.29) is 11.6 Å². The minimum absolute atomic E-state index is 0.0623. The van der Waals surface area contributed by atoms with Crippen molar-refractivity contribution in [3.8, 4) is 5.88 Å². The van der Waals surface area contributed by atoms with E-state index in [4.69, 9.17) is 5.73 Å². The molecule has 13 heavy (non-hydrogen) atoms. The fourth-order valence-electron chi connectivity index (χ4n) is 0.801. The highest BCUT2D eigenvalue weighted by molar-refractivity contribution is 5.12. The molecule has 0 unspecified atom stereocenters. The van der Waals surface area contributed by atoms with Crippen LogP contribution in [0.25, 0.3) is 0 Å². The number of hydrogen-bond acceptors (Lipinski definition) is 4. The maximum atomic E-state index is 12.7. The molecule has 0 radical (unpaired) electrons. The molecule has 0 fully saturated rings. The van der Waals surface area contributed by atoms with Gasteiger partial charge in [0.05, 0.1) is 20.1 Å². The number of aromatic nitrogens is 1. The summed E-state index contributed by atoms with van der Waals surface area (Å²) >= 11 is 0. The Morgan fingerprint density at radius 1 is 1.69 bits per heavy atom. The predicted molar refractivity (Wildman–Crippen MR) is 40.8 cm³/mol. The molecule has 1 aromatic heterocycles. The SMILES string of the molecule is COc1cc(CC(F)(F)CN)on1. The van der Waals surface area contributed by atoms with Gasteiger partial charge in [-0.15, -0.1) is 0 Å². The lowest BCUT2D eigenvalue weighted by molar-refractivity contribution is 0.00542. The number of methoxy groups -OCH3 is 1. The minimum Gasteiger partial charge on any atom is -0.479 e. The lowest BCUT2D eigenvalue weighted by atomic mass is 10.2. The van der Waals surface area contributed by atoms with Gasteiger partial charge in [0, 0.05) is 6.07 Å². The third kappa shape index (κ3) is 2.66. The Labute approximate surface area is 73.6 Å². The van der Waals surface area contributed by atoms with Gasteiger partial charge < -0.3 is 15.0 Å². The van der Waals surface area contributed by atoms with Gasteiger partial charge in [-0.2, -0.15) is 0 Å². The molecular formula is C7H10F2N2O2. The second kappa shape index (κ2) is 3.69. The molecule has 0 aliphatic rings. The van der Waals surface area contributed by atoms with Crippen molar-refractivity contribution < 1.29 is 18.0 Å². The molecule has 6 heteroatoms. The largest absolute Gasteiger partial charge is 0.479 e. The summed E-state index contributed by atoms with van der Waals surface area (Å²) in [4.78, 5) is 0.